The summed E-state index contributed by atoms with van der Waals surface area (Å²) in [5, 5.41) is 11.8. The highest BCUT2D eigenvalue weighted by atomic mass is 16.7. The molecule has 520 valence electrons. The predicted molar refractivity (Wildman–Crippen MR) is 380 cm³/mol. The maximum absolute atomic E-state index is 13.0. The van der Waals surface area contributed by atoms with E-state index in [4.69, 9.17) is 18.9 Å². The molecule has 0 N–H and O–H groups in total. The quantitative estimate of drug-likeness (QED) is 0.0195. The number of hydrogen-bond acceptors (Lipinski definition) is 8. The number of allylic oxidation sites excluding steroid dienone is 10. The second kappa shape index (κ2) is 70.9. The smallest absolute Gasteiger partial charge is 0.306 e. The standard InChI is InChI=1S/C80H147NO8/c1-6-8-10-12-14-16-18-20-22-24-26-28-30-32-34-36-37-38-39-40-41-43-45-47-49-51-53-55-57-59-61-63-65-67-69-71-78(83)89-76(75-88-80(79(84)85)86-73-72-81(3,4)5)74-87-77(82)70-68-66-64-62-60-58-56-54-52-50-48-46-44-42-35-33-31-29-27-25-23-21-19-17-15-13-11-9-7-2/h8,10,14,16,20,22,26,28,32,34,76,80H,6-7,9,11-13,15,17-19,21,23-25,27,29-31,33,35-75H2,1-5H3/b10-8-,16-14-,22-20-,28-26-,34-32-. The molecule has 0 rings (SSSR count). The van der Waals surface area contributed by atoms with Crippen molar-refractivity contribution in [3.05, 3.63) is 60.8 Å². The summed E-state index contributed by atoms with van der Waals surface area (Å²) in [7, 11) is 5.95. The third kappa shape index (κ3) is 72.3. The number of nitrogens with zero attached hydrogens (tertiary/aromatic N) is 1. The van der Waals surface area contributed by atoms with Crippen LogP contribution in [0.1, 0.15) is 373 Å². The average Bonchev–Trinajstić information content (AvgIpc) is 3.64. The Balaban J connectivity index is 4.01. The van der Waals surface area contributed by atoms with Gasteiger partial charge in [0.2, 0.25) is 0 Å². The molecular weight excluding hydrogens is 1100 g/mol. The third-order valence-corrected chi connectivity index (χ3v) is 17.3. The average molecular weight is 1250 g/mol. The highest BCUT2D eigenvalue weighted by Gasteiger charge is 2.22. The summed E-state index contributed by atoms with van der Waals surface area (Å²) in [5.74, 6) is -2.25. The predicted octanol–water partition coefficient (Wildman–Crippen LogP) is 22.9. The largest absolute Gasteiger partial charge is 0.545 e. The molecule has 2 atom stereocenters. The van der Waals surface area contributed by atoms with Crippen LogP contribution in [0, 0.1) is 0 Å². The minimum Gasteiger partial charge on any atom is -0.545 e. The number of likely N-dealkylation sites (N-methyl/N-ethyl adjacent to an activating group) is 1. The third-order valence-electron chi connectivity index (χ3n) is 17.3. The lowest BCUT2D eigenvalue weighted by molar-refractivity contribution is -0.870. The summed E-state index contributed by atoms with van der Waals surface area (Å²) in [5.41, 5.74) is 0. The molecule has 0 radical (unpaired) electrons. The molecule has 0 heterocycles. The SMILES string of the molecule is CC/C=C\C/C=C\C/C=C\C/C=C\C/C=C\CCCCCCCCCCCCCCCCCCCCCC(=O)OC(COC(=O)CCCCCCCCCCCCCCCCCCCCCCCCCCCCCCC)COC(OCC[N+](C)(C)C)C(=O)[O-]. The number of rotatable bonds is 72. The Bertz CT molecular complexity index is 1650. The number of ether oxygens (including phenoxy) is 4. The molecule has 2 unspecified atom stereocenters. The fraction of sp³-hybridized carbons (Fsp3) is 0.838. The minimum atomic E-state index is -1.62. The number of aliphatic carboxylic acids is 1. The van der Waals surface area contributed by atoms with Crippen LogP contribution in [0.5, 0.6) is 0 Å². The molecule has 0 aromatic carbocycles. The Morgan fingerprint density at radius 3 is 0.955 bits per heavy atom. The van der Waals surface area contributed by atoms with E-state index in [1.54, 1.807) is 0 Å². The Morgan fingerprint density at radius 1 is 0.348 bits per heavy atom. The molecule has 0 amide bonds. The highest BCUT2D eigenvalue weighted by molar-refractivity contribution is 5.70. The first-order chi connectivity index (χ1) is 43.6. The van der Waals surface area contributed by atoms with Crippen LogP contribution in [-0.4, -0.2) is 82.3 Å². The van der Waals surface area contributed by atoms with E-state index < -0.39 is 24.3 Å². The first-order valence-corrected chi connectivity index (χ1v) is 38.4. The molecule has 0 aliphatic rings. The molecule has 0 aliphatic carbocycles. The van der Waals surface area contributed by atoms with Crippen molar-refractivity contribution in [3.63, 3.8) is 0 Å². The second-order valence-electron chi connectivity index (χ2n) is 27.3. The van der Waals surface area contributed by atoms with E-state index in [9.17, 15) is 19.5 Å². The zero-order valence-corrected chi connectivity index (χ0v) is 59.6. The summed E-state index contributed by atoms with van der Waals surface area (Å²) >= 11 is 0. The lowest BCUT2D eigenvalue weighted by Gasteiger charge is -2.26. The van der Waals surface area contributed by atoms with Crippen molar-refractivity contribution in [2.24, 2.45) is 0 Å². The van der Waals surface area contributed by atoms with Gasteiger partial charge in [-0.2, -0.15) is 0 Å². The molecule has 0 bridgehead atoms. The van der Waals surface area contributed by atoms with E-state index >= 15 is 0 Å². The summed E-state index contributed by atoms with van der Waals surface area (Å²) in [4.78, 5) is 37.6. The maximum atomic E-state index is 13.0. The van der Waals surface area contributed by atoms with Crippen LogP contribution in [0.15, 0.2) is 60.8 Å². The van der Waals surface area contributed by atoms with Crippen LogP contribution in [0.3, 0.4) is 0 Å². The highest BCUT2D eigenvalue weighted by Crippen LogP contribution is 2.19. The van der Waals surface area contributed by atoms with Gasteiger partial charge in [-0.1, -0.05) is 364 Å². The first-order valence-electron chi connectivity index (χ1n) is 38.4. The second-order valence-corrected chi connectivity index (χ2v) is 27.3. The van der Waals surface area contributed by atoms with E-state index in [-0.39, 0.29) is 32.2 Å². The molecular formula is C80H147NO8. The van der Waals surface area contributed by atoms with Crippen LogP contribution in [0.25, 0.3) is 0 Å². The monoisotopic (exact) mass is 1250 g/mol. The number of unbranched alkanes of at least 4 members (excludes halogenated alkanes) is 47. The number of carboxylic acid groups (broad SMARTS) is 1. The Hall–Kier alpha value is -3.01. The summed E-state index contributed by atoms with van der Waals surface area (Å²) in [6, 6.07) is 0. The van der Waals surface area contributed by atoms with Gasteiger partial charge < -0.3 is 33.3 Å². The van der Waals surface area contributed by atoms with E-state index in [0.717, 1.165) is 64.2 Å². The van der Waals surface area contributed by atoms with Gasteiger partial charge in [0.1, 0.15) is 13.2 Å². The number of carbonyl (C=O) groups excluding carboxylic acids is 3. The van der Waals surface area contributed by atoms with Gasteiger partial charge in [0.25, 0.3) is 0 Å². The van der Waals surface area contributed by atoms with Crippen LogP contribution in [-0.2, 0) is 33.3 Å². The van der Waals surface area contributed by atoms with Gasteiger partial charge in [-0.05, 0) is 57.8 Å². The number of quaternary nitrogens is 1. The molecule has 0 aromatic heterocycles. The van der Waals surface area contributed by atoms with Gasteiger partial charge in [0.15, 0.2) is 12.4 Å². The first kappa shape index (κ1) is 86.0. The van der Waals surface area contributed by atoms with Gasteiger partial charge in [-0.15, -0.1) is 0 Å². The number of esters is 2. The summed E-state index contributed by atoms with van der Waals surface area (Å²) < 4.78 is 22.9. The van der Waals surface area contributed by atoms with E-state index in [0.29, 0.717) is 23.9 Å². The normalized spacial score (nSPS) is 13.0. The van der Waals surface area contributed by atoms with Crippen molar-refractivity contribution >= 4 is 17.9 Å². The van der Waals surface area contributed by atoms with Crippen molar-refractivity contribution in [2.45, 2.75) is 386 Å². The van der Waals surface area contributed by atoms with Crippen LogP contribution in [0.2, 0.25) is 0 Å². The van der Waals surface area contributed by atoms with Crippen molar-refractivity contribution in [2.75, 3.05) is 47.5 Å². The molecule has 0 saturated heterocycles. The molecule has 0 aromatic rings. The lowest BCUT2D eigenvalue weighted by Crippen LogP contribution is -2.44. The molecule has 0 saturated carbocycles. The van der Waals surface area contributed by atoms with E-state index in [2.05, 4.69) is 74.6 Å². The number of carbonyl (C=O) groups is 3. The van der Waals surface area contributed by atoms with Crippen molar-refractivity contribution < 1.29 is 42.9 Å². The molecule has 9 heteroatoms. The number of carboxylic acids is 1. The Kier molecular flexibility index (Phi) is 68.5. The fourth-order valence-corrected chi connectivity index (χ4v) is 11.5. The number of hydrogen-bond donors (Lipinski definition) is 0. The summed E-state index contributed by atoms with van der Waals surface area (Å²) in [6.45, 7) is 4.71. The van der Waals surface area contributed by atoms with Gasteiger partial charge in [0, 0.05) is 12.8 Å². The zero-order valence-electron chi connectivity index (χ0n) is 59.6. The molecule has 0 spiro atoms. The van der Waals surface area contributed by atoms with E-state index in [1.807, 2.05) is 21.1 Å². The van der Waals surface area contributed by atoms with Crippen LogP contribution >= 0.6 is 0 Å². The molecule has 0 aliphatic heterocycles. The van der Waals surface area contributed by atoms with Gasteiger partial charge in [-0.25, -0.2) is 0 Å². The van der Waals surface area contributed by atoms with Crippen molar-refractivity contribution in [3.8, 4) is 0 Å². The van der Waals surface area contributed by atoms with Crippen molar-refractivity contribution in [1.82, 2.24) is 0 Å². The zero-order chi connectivity index (χ0) is 64.7. The molecule has 0 fully saturated rings. The molecule has 9 nitrogen and oxygen atoms in total. The Morgan fingerprint density at radius 2 is 0.640 bits per heavy atom. The van der Waals surface area contributed by atoms with Gasteiger partial charge in [-0.3, -0.25) is 9.59 Å². The van der Waals surface area contributed by atoms with Crippen molar-refractivity contribution in [1.29, 1.82) is 0 Å². The van der Waals surface area contributed by atoms with Gasteiger partial charge in [0.05, 0.1) is 40.3 Å². The maximum Gasteiger partial charge on any atom is 0.306 e. The molecule has 89 heavy (non-hydrogen) atoms. The summed E-state index contributed by atoms with van der Waals surface area (Å²) in [6.07, 6.45) is 90.5. The minimum absolute atomic E-state index is 0.150. The topological polar surface area (TPSA) is 111 Å². The van der Waals surface area contributed by atoms with Crippen LogP contribution < -0.4 is 5.11 Å². The Labute approximate surface area is 552 Å². The van der Waals surface area contributed by atoms with E-state index in [1.165, 1.54) is 276 Å². The lowest BCUT2D eigenvalue weighted by atomic mass is 10.0. The van der Waals surface area contributed by atoms with Crippen LogP contribution in [0.4, 0.5) is 0 Å². The fourth-order valence-electron chi connectivity index (χ4n) is 11.5. The van der Waals surface area contributed by atoms with Gasteiger partial charge >= 0.3 is 11.9 Å².